The van der Waals surface area contributed by atoms with Crippen molar-refractivity contribution < 1.29 is 0 Å². The highest BCUT2D eigenvalue weighted by molar-refractivity contribution is 5.17. The molecular formula is C16H26N4. The first kappa shape index (κ1) is 12.8. The molecule has 0 spiro atoms. The molecule has 0 amide bonds. The van der Waals surface area contributed by atoms with Gasteiger partial charge in [0.05, 0.1) is 6.04 Å². The molecule has 0 aromatic carbocycles. The van der Waals surface area contributed by atoms with Crippen molar-refractivity contribution in [2.45, 2.75) is 63.8 Å². The van der Waals surface area contributed by atoms with Crippen LogP contribution in [0, 0.1) is 23.7 Å². The molecule has 110 valence electrons. The van der Waals surface area contributed by atoms with Gasteiger partial charge in [0.2, 0.25) is 0 Å². The summed E-state index contributed by atoms with van der Waals surface area (Å²) in [7, 11) is 0. The van der Waals surface area contributed by atoms with Crippen LogP contribution in [0.2, 0.25) is 0 Å². The van der Waals surface area contributed by atoms with Gasteiger partial charge in [-0.15, -0.1) is 0 Å². The highest BCUT2D eigenvalue weighted by atomic mass is 15.2. The second kappa shape index (κ2) is 4.30. The average molecular weight is 274 g/mol. The molecule has 3 N–H and O–H groups in total. The fourth-order valence-electron chi connectivity index (χ4n) is 5.36. The van der Waals surface area contributed by atoms with E-state index < -0.39 is 0 Å². The smallest absolute Gasteiger partial charge is 0.156 e. The molecule has 5 rings (SSSR count). The Kier molecular flexibility index (Phi) is 2.75. The van der Waals surface area contributed by atoms with Crippen LogP contribution in [0.15, 0.2) is 0 Å². The maximum absolute atomic E-state index is 6.21. The fraction of sp³-hybridized carbons (Fsp3) is 0.875. The number of aromatic nitrogens is 3. The van der Waals surface area contributed by atoms with E-state index in [4.69, 9.17) is 10.7 Å². The van der Waals surface area contributed by atoms with Gasteiger partial charge in [-0.2, -0.15) is 5.10 Å². The van der Waals surface area contributed by atoms with Crippen molar-refractivity contribution in [1.82, 2.24) is 15.2 Å². The Morgan fingerprint density at radius 2 is 1.65 bits per heavy atom. The minimum Gasteiger partial charge on any atom is -0.321 e. The molecule has 4 heteroatoms. The van der Waals surface area contributed by atoms with E-state index in [0.29, 0.717) is 5.92 Å². The largest absolute Gasteiger partial charge is 0.321 e. The van der Waals surface area contributed by atoms with Crippen molar-refractivity contribution >= 4 is 0 Å². The predicted molar refractivity (Wildman–Crippen MR) is 78.0 cm³/mol. The Morgan fingerprint density at radius 1 is 1.10 bits per heavy atom. The van der Waals surface area contributed by atoms with E-state index in [-0.39, 0.29) is 11.5 Å². The van der Waals surface area contributed by atoms with Crippen LogP contribution in [0.25, 0.3) is 0 Å². The number of nitrogens with zero attached hydrogens (tertiary/aromatic N) is 2. The third-order valence-corrected chi connectivity index (χ3v) is 6.05. The van der Waals surface area contributed by atoms with Crippen molar-refractivity contribution in [3.05, 3.63) is 11.6 Å². The van der Waals surface area contributed by atoms with Crippen molar-refractivity contribution in [3.63, 3.8) is 0 Å². The third kappa shape index (κ3) is 1.84. The molecule has 0 radical (unpaired) electrons. The summed E-state index contributed by atoms with van der Waals surface area (Å²) in [4.78, 5) is 4.83. The lowest BCUT2D eigenvalue weighted by atomic mass is 9.49. The summed E-state index contributed by atoms with van der Waals surface area (Å²) in [6, 6.07) is -0.0230. The van der Waals surface area contributed by atoms with Crippen molar-refractivity contribution in [2.75, 3.05) is 0 Å². The topological polar surface area (TPSA) is 67.6 Å². The van der Waals surface area contributed by atoms with Gasteiger partial charge in [0.1, 0.15) is 5.82 Å². The molecule has 4 aliphatic carbocycles. The summed E-state index contributed by atoms with van der Waals surface area (Å²) < 4.78 is 0. The first-order chi connectivity index (χ1) is 9.56. The Labute approximate surface area is 120 Å². The second-order valence-corrected chi connectivity index (χ2v) is 8.01. The summed E-state index contributed by atoms with van der Waals surface area (Å²) in [5.74, 6) is 5.14. The first-order valence-electron chi connectivity index (χ1n) is 8.24. The average Bonchev–Trinajstić information content (AvgIpc) is 2.86. The lowest BCUT2D eigenvalue weighted by Crippen LogP contribution is -2.49. The van der Waals surface area contributed by atoms with E-state index in [9.17, 15) is 0 Å². The van der Waals surface area contributed by atoms with E-state index in [1.165, 1.54) is 38.5 Å². The Bertz CT molecular complexity index is 469. The Hall–Kier alpha value is -0.900. The van der Waals surface area contributed by atoms with Crippen LogP contribution in [0.3, 0.4) is 0 Å². The van der Waals surface area contributed by atoms with Gasteiger partial charge in [0.15, 0.2) is 5.82 Å². The lowest BCUT2D eigenvalue weighted by molar-refractivity contribution is -0.00926. The Morgan fingerprint density at radius 3 is 2.15 bits per heavy atom. The maximum atomic E-state index is 6.21. The van der Waals surface area contributed by atoms with Crippen LogP contribution in [-0.4, -0.2) is 15.2 Å². The molecule has 4 aliphatic rings. The summed E-state index contributed by atoms with van der Waals surface area (Å²) in [5, 5.41) is 7.72. The molecule has 1 aromatic rings. The van der Waals surface area contributed by atoms with E-state index in [1.807, 2.05) is 0 Å². The predicted octanol–water partition coefficient (Wildman–Crippen LogP) is 2.93. The van der Waals surface area contributed by atoms with Crippen LogP contribution >= 0.6 is 0 Å². The molecule has 1 unspecified atom stereocenters. The zero-order valence-corrected chi connectivity index (χ0v) is 12.6. The number of nitrogens with one attached hydrogen (secondary N) is 1. The van der Waals surface area contributed by atoms with E-state index >= 15 is 0 Å². The molecule has 4 saturated carbocycles. The number of aromatic amines is 1. The van der Waals surface area contributed by atoms with Crippen LogP contribution in [0.4, 0.5) is 0 Å². The van der Waals surface area contributed by atoms with Gasteiger partial charge >= 0.3 is 0 Å². The third-order valence-electron chi connectivity index (χ3n) is 6.05. The van der Waals surface area contributed by atoms with Gasteiger partial charge < -0.3 is 5.73 Å². The van der Waals surface area contributed by atoms with Gasteiger partial charge in [-0.1, -0.05) is 13.8 Å². The van der Waals surface area contributed by atoms with E-state index in [2.05, 4.69) is 24.0 Å². The normalized spacial score (nSPS) is 40.5. The molecule has 4 bridgehead atoms. The number of H-pyrrole nitrogens is 1. The standard InChI is InChI=1S/C16H26N4/c1-9(2)13(17)14-18-15(20-19-14)16-6-10-3-11(7-16)5-12(4-10)8-16/h9-13H,3-8,17H2,1-2H3,(H,18,19,20). The molecule has 4 fully saturated rings. The summed E-state index contributed by atoms with van der Waals surface area (Å²) in [6.07, 6.45) is 8.32. The van der Waals surface area contributed by atoms with Crippen LogP contribution in [0.1, 0.15) is 70.1 Å². The Balaban J connectivity index is 1.64. The van der Waals surface area contributed by atoms with Gasteiger partial charge in [0, 0.05) is 5.41 Å². The van der Waals surface area contributed by atoms with Crippen molar-refractivity contribution in [1.29, 1.82) is 0 Å². The number of hydrogen-bond acceptors (Lipinski definition) is 3. The van der Waals surface area contributed by atoms with Crippen LogP contribution < -0.4 is 5.73 Å². The van der Waals surface area contributed by atoms with Crippen molar-refractivity contribution in [3.8, 4) is 0 Å². The molecule has 1 atom stereocenters. The molecule has 0 saturated heterocycles. The fourth-order valence-corrected chi connectivity index (χ4v) is 5.36. The van der Waals surface area contributed by atoms with Crippen LogP contribution in [-0.2, 0) is 5.41 Å². The highest BCUT2D eigenvalue weighted by Gasteiger charge is 2.53. The SMILES string of the molecule is CC(C)C(N)c1nc(C23CC4CC(CC(C4)C2)C3)n[nH]1. The lowest BCUT2D eigenvalue weighted by Gasteiger charge is -2.55. The second-order valence-electron chi connectivity index (χ2n) is 8.01. The van der Waals surface area contributed by atoms with Crippen molar-refractivity contribution in [2.24, 2.45) is 29.4 Å². The monoisotopic (exact) mass is 274 g/mol. The van der Waals surface area contributed by atoms with Gasteiger partial charge in [-0.3, -0.25) is 5.10 Å². The van der Waals surface area contributed by atoms with Crippen LogP contribution in [0.5, 0.6) is 0 Å². The molecule has 0 aliphatic heterocycles. The zero-order chi connectivity index (χ0) is 13.9. The molecule has 1 aromatic heterocycles. The number of nitrogens with two attached hydrogens (primary N) is 1. The van der Waals surface area contributed by atoms with E-state index in [0.717, 1.165) is 29.4 Å². The minimum atomic E-state index is -0.0230. The van der Waals surface area contributed by atoms with Gasteiger partial charge in [-0.25, -0.2) is 4.98 Å². The molecular weight excluding hydrogens is 248 g/mol. The van der Waals surface area contributed by atoms with Gasteiger partial charge in [-0.05, 0) is 62.2 Å². The van der Waals surface area contributed by atoms with Gasteiger partial charge in [0.25, 0.3) is 0 Å². The molecule has 4 nitrogen and oxygen atoms in total. The maximum Gasteiger partial charge on any atom is 0.156 e. The highest BCUT2D eigenvalue weighted by Crippen LogP contribution is 2.60. The zero-order valence-electron chi connectivity index (χ0n) is 12.6. The first-order valence-corrected chi connectivity index (χ1v) is 8.24. The summed E-state index contributed by atoms with van der Waals surface area (Å²) in [6.45, 7) is 4.27. The molecule has 1 heterocycles. The number of hydrogen-bond donors (Lipinski definition) is 2. The number of rotatable bonds is 3. The minimum absolute atomic E-state index is 0.0230. The quantitative estimate of drug-likeness (QED) is 0.890. The summed E-state index contributed by atoms with van der Waals surface area (Å²) in [5.41, 5.74) is 6.49. The molecule has 20 heavy (non-hydrogen) atoms. The van der Waals surface area contributed by atoms with E-state index in [1.54, 1.807) is 0 Å². The summed E-state index contributed by atoms with van der Waals surface area (Å²) >= 11 is 0.